The standard InChI is InChI=1S/C13H27N3O3/c1-6-15(7-2)9-8-14-12(19)16(10-11(17)18)13(3,4)5/h6-10H2,1-5H3,(H,14,19)(H,17,18). The van der Waals surface area contributed by atoms with E-state index in [9.17, 15) is 9.59 Å². The Labute approximate surface area is 115 Å². The van der Waals surface area contributed by atoms with Crippen molar-refractivity contribution >= 4 is 12.0 Å². The van der Waals surface area contributed by atoms with E-state index < -0.39 is 11.5 Å². The molecule has 0 rings (SSSR count). The molecule has 0 aliphatic heterocycles. The average Bonchev–Trinajstić information content (AvgIpc) is 2.30. The predicted molar refractivity (Wildman–Crippen MR) is 75.3 cm³/mol. The van der Waals surface area contributed by atoms with Crippen molar-refractivity contribution in [3.8, 4) is 0 Å². The number of carbonyl (C=O) groups is 2. The summed E-state index contributed by atoms with van der Waals surface area (Å²) < 4.78 is 0. The minimum atomic E-state index is -1.01. The van der Waals surface area contributed by atoms with Crippen LogP contribution in [0.25, 0.3) is 0 Å². The molecule has 0 aliphatic carbocycles. The van der Waals surface area contributed by atoms with Gasteiger partial charge in [0.25, 0.3) is 0 Å². The third-order valence-corrected chi connectivity index (χ3v) is 2.95. The Kier molecular flexibility index (Phi) is 7.44. The largest absolute Gasteiger partial charge is 0.480 e. The lowest BCUT2D eigenvalue weighted by Crippen LogP contribution is -2.53. The van der Waals surface area contributed by atoms with Crippen LogP contribution in [0.4, 0.5) is 4.79 Å². The van der Waals surface area contributed by atoms with Gasteiger partial charge in [0.15, 0.2) is 0 Å². The summed E-state index contributed by atoms with van der Waals surface area (Å²) in [6.07, 6.45) is 0. The number of nitrogens with zero attached hydrogens (tertiary/aromatic N) is 2. The molecular weight excluding hydrogens is 246 g/mol. The van der Waals surface area contributed by atoms with Crippen LogP contribution in [-0.2, 0) is 4.79 Å². The fraction of sp³-hybridized carbons (Fsp3) is 0.846. The Morgan fingerprint density at radius 1 is 1.16 bits per heavy atom. The van der Waals surface area contributed by atoms with Gasteiger partial charge in [0.2, 0.25) is 0 Å². The zero-order chi connectivity index (χ0) is 15.1. The third-order valence-electron chi connectivity index (χ3n) is 2.95. The van der Waals surface area contributed by atoms with Gasteiger partial charge < -0.3 is 20.2 Å². The molecule has 0 aromatic heterocycles. The maximum absolute atomic E-state index is 12.0. The molecule has 0 radical (unpaired) electrons. The van der Waals surface area contributed by atoms with Gasteiger partial charge in [-0.25, -0.2) is 4.79 Å². The maximum atomic E-state index is 12.0. The van der Waals surface area contributed by atoms with Gasteiger partial charge in [0, 0.05) is 18.6 Å². The van der Waals surface area contributed by atoms with Crippen LogP contribution >= 0.6 is 0 Å². The number of aliphatic carboxylic acids is 1. The van der Waals surface area contributed by atoms with Crippen LogP contribution in [0.2, 0.25) is 0 Å². The molecule has 0 atom stereocenters. The summed E-state index contributed by atoms with van der Waals surface area (Å²) in [5, 5.41) is 11.6. The molecule has 0 heterocycles. The number of carboxylic acid groups (broad SMARTS) is 1. The first-order chi connectivity index (χ1) is 8.72. The highest BCUT2D eigenvalue weighted by Crippen LogP contribution is 2.12. The zero-order valence-electron chi connectivity index (χ0n) is 12.7. The van der Waals surface area contributed by atoms with Gasteiger partial charge in [-0.1, -0.05) is 13.8 Å². The lowest BCUT2D eigenvalue weighted by atomic mass is 10.1. The number of likely N-dealkylation sites (N-methyl/N-ethyl adjacent to an activating group) is 1. The van der Waals surface area contributed by atoms with Gasteiger partial charge in [0.1, 0.15) is 6.54 Å². The predicted octanol–water partition coefficient (Wildman–Crippen LogP) is 1.22. The Hall–Kier alpha value is -1.30. The zero-order valence-corrected chi connectivity index (χ0v) is 12.7. The number of carbonyl (C=O) groups excluding carboxylic acids is 1. The lowest BCUT2D eigenvalue weighted by Gasteiger charge is -2.34. The summed E-state index contributed by atoms with van der Waals surface area (Å²) >= 11 is 0. The van der Waals surface area contributed by atoms with Crippen molar-refractivity contribution in [1.29, 1.82) is 0 Å². The van der Waals surface area contributed by atoms with Crippen molar-refractivity contribution in [2.45, 2.75) is 40.2 Å². The summed E-state index contributed by atoms with van der Waals surface area (Å²) in [6.45, 7) is 12.5. The fourth-order valence-corrected chi connectivity index (χ4v) is 1.71. The minimum Gasteiger partial charge on any atom is -0.480 e. The summed E-state index contributed by atoms with van der Waals surface area (Å²) in [7, 11) is 0. The number of carboxylic acids is 1. The SMILES string of the molecule is CCN(CC)CCNC(=O)N(CC(=O)O)C(C)(C)C. The van der Waals surface area contributed by atoms with E-state index in [-0.39, 0.29) is 12.6 Å². The molecule has 0 saturated heterocycles. The van der Waals surface area contributed by atoms with Crippen molar-refractivity contribution in [3.05, 3.63) is 0 Å². The molecule has 0 fully saturated rings. The first kappa shape index (κ1) is 17.7. The van der Waals surface area contributed by atoms with E-state index >= 15 is 0 Å². The molecular formula is C13H27N3O3. The van der Waals surface area contributed by atoms with E-state index in [4.69, 9.17) is 5.11 Å². The Bertz CT molecular complexity index is 296. The monoisotopic (exact) mass is 273 g/mol. The topological polar surface area (TPSA) is 72.9 Å². The van der Waals surface area contributed by atoms with Gasteiger partial charge in [-0.2, -0.15) is 0 Å². The van der Waals surface area contributed by atoms with Crippen LogP contribution in [-0.4, -0.2) is 65.2 Å². The van der Waals surface area contributed by atoms with Gasteiger partial charge in [-0.3, -0.25) is 4.79 Å². The summed E-state index contributed by atoms with van der Waals surface area (Å²) in [4.78, 5) is 26.3. The number of amides is 2. The van der Waals surface area contributed by atoms with Gasteiger partial charge in [0.05, 0.1) is 0 Å². The highest BCUT2D eigenvalue weighted by Gasteiger charge is 2.28. The van der Waals surface area contributed by atoms with E-state index in [0.717, 1.165) is 19.6 Å². The van der Waals surface area contributed by atoms with E-state index in [1.54, 1.807) is 0 Å². The number of hydrogen-bond acceptors (Lipinski definition) is 3. The van der Waals surface area contributed by atoms with Crippen molar-refractivity contribution in [1.82, 2.24) is 15.1 Å². The molecule has 0 aromatic carbocycles. The molecule has 0 bridgehead atoms. The summed E-state index contributed by atoms with van der Waals surface area (Å²) in [5.41, 5.74) is -0.516. The minimum absolute atomic E-state index is 0.291. The number of urea groups is 1. The Morgan fingerprint density at radius 3 is 2.05 bits per heavy atom. The maximum Gasteiger partial charge on any atom is 0.323 e. The van der Waals surface area contributed by atoms with E-state index in [0.29, 0.717) is 6.54 Å². The highest BCUT2D eigenvalue weighted by molar-refractivity contribution is 5.80. The molecule has 0 spiro atoms. The van der Waals surface area contributed by atoms with Crippen LogP contribution in [0.3, 0.4) is 0 Å². The van der Waals surface area contributed by atoms with Crippen LogP contribution in [0.5, 0.6) is 0 Å². The van der Waals surface area contributed by atoms with Crippen LogP contribution in [0.1, 0.15) is 34.6 Å². The van der Waals surface area contributed by atoms with Gasteiger partial charge in [-0.05, 0) is 33.9 Å². The van der Waals surface area contributed by atoms with Crippen LogP contribution in [0.15, 0.2) is 0 Å². The van der Waals surface area contributed by atoms with Crippen molar-refractivity contribution in [2.24, 2.45) is 0 Å². The second-order valence-electron chi connectivity index (χ2n) is 5.41. The van der Waals surface area contributed by atoms with Gasteiger partial charge >= 0.3 is 12.0 Å². The van der Waals surface area contributed by atoms with Crippen molar-refractivity contribution < 1.29 is 14.7 Å². The first-order valence-corrected chi connectivity index (χ1v) is 6.72. The molecule has 2 N–H and O–H groups in total. The quantitative estimate of drug-likeness (QED) is 0.731. The Balaban J connectivity index is 4.37. The molecule has 112 valence electrons. The number of rotatable bonds is 7. The fourth-order valence-electron chi connectivity index (χ4n) is 1.71. The number of nitrogens with one attached hydrogen (secondary N) is 1. The lowest BCUT2D eigenvalue weighted by molar-refractivity contribution is -0.138. The normalized spacial score (nSPS) is 11.5. The molecule has 2 amide bonds. The molecule has 0 saturated carbocycles. The van der Waals surface area contributed by atoms with Crippen molar-refractivity contribution in [3.63, 3.8) is 0 Å². The summed E-state index contributed by atoms with van der Waals surface area (Å²) in [5.74, 6) is -1.01. The summed E-state index contributed by atoms with van der Waals surface area (Å²) in [6, 6.07) is -0.331. The van der Waals surface area contributed by atoms with E-state index in [2.05, 4.69) is 24.1 Å². The number of hydrogen-bond donors (Lipinski definition) is 2. The van der Waals surface area contributed by atoms with Crippen LogP contribution in [0, 0.1) is 0 Å². The smallest absolute Gasteiger partial charge is 0.323 e. The molecule has 0 aliphatic rings. The molecule has 19 heavy (non-hydrogen) atoms. The molecule has 0 unspecified atom stereocenters. The van der Waals surface area contributed by atoms with E-state index in [1.807, 2.05) is 20.8 Å². The van der Waals surface area contributed by atoms with Gasteiger partial charge in [-0.15, -0.1) is 0 Å². The molecule has 0 aromatic rings. The van der Waals surface area contributed by atoms with E-state index in [1.165, 1.54) is 4.90 Å². The first-order valence-electron chi connectivity index (χ1n) is 6.72. The highest BCUT2D eigenvalue weighted by atomic mass is 16.4. The van der Waals surface area contributed by atoms with Crippen LogP contribution < -0.4 is 5.32 Å². The van der Waals surface area contributed by atoms with Crippen molar-refractivity contribution in [2.75, 3.05) is 32.7 Å². The molecule has 6 heteroatoms. The third kappa shape index (κ3) is 7.00. The second kappa shape index (κ2) is 7.99. The average molecular weight is 273 g/mol. The molecule has 6 nitrogen and oxygen atoms in total. The Morgan fingerprint density at radius 2 is 1.68 bits per heavy atom. The second-order valence-corrected chi connectivity index (χ2v) is 5.41.